The molecule has 10 atom stereocenters. The van der Waals surface area contributed by atoms with Crippen molar-refractivity contribution in [2.45, 2.75) is 121 Å². The molecule has 0 bridgehead atoms. The topological polar surface area (TPSA) is 372 Å². The van der Waals surface area contributed by atoms with Crippen LogP contribution in [-0.4, -0.2) is 141 Å². The molecule has 21 nitrogen and oxygen atoms in total. The van der Waals surface area contributed by atoms with Crippen LogP contribution in [0.15, 0.2) is 33.7 Å². The van der Waals surface area contributed by atoms with Gasteiger partial charge in [-0.15, -0.1) is 0 Å². The number of aliphatic hydroxyl groups excluding tert-OH is 4. The second-order valence-corrected chi connectivity index (χ2v) is 13.4. The normalized spacial score (nSPS) is 23.7. The third kappa shape index (κ3) is 16.5. The molecule has 2 aliphatic heterocycles. The molecule has 2 aliphatic rings. The fourth-order valence-electron chi connectivity index (χ4n) is 6.17. The van der Waals surface area contributed by atoms with E-state index in [9.17, 15) is 44.4 Å². The number of carboxylic acids is 2. The van der Waals surface area contributed by atoms with Crippen LogP contribution in [0.4, 0.5) is 0 Å². The van der Waals surface area contributed by atoms with E-state index >= 15 is 0 Å². The van der Waals surface area contributed by atoms with E-state index < -0.39 is 96.6 Å². The number of carbonyl (C=O) groups is 5. The molecule has 0 aliphatic carbocycles. The Kier molecular flexibility index (Phi) is 21.6. The fraction of sp³-hybridized carbons (Fsp3) is 0.686. The van der Waals surface area contributed by atoms with Gasteiger partial charge in [-0.1, -0.05) is 32.6 Å². The lowest BCUT2D eigenvalue weighted by molar-refractivity contribution is -0.162. The van der Waals surface area contributed by atoms with Crippen molar-refractivity contribution in [3.8, 4) is 0 Å². The molecular formula is C35H58N6O15. The molecule has 14 N–H and O–H groups in total. The summed E-state index contributed by atoms with van der Waals surface area (Å²) in [4.78, 5) is 66.0. The van der Waals surface area contributed by atoms with Crippen LogP contribution < -0.4 is 22.9 Å². The SMILES string of the molecule is CC(=O)C[C@H]1[C@H]([C@H](O)[C@H](O)CO)OC(C(=O)O)=C[C@@H]1N=C(N)N.CCCCCCCC(=O)OC[C@@H](O)[C@@H](OC)[C@@H]1OC(C(=O)O)=C[C@H](N=C(N)N)[C@H]1CC(C)=O. The molecule has 0 aromatic rings. The maximum absolute atomic E-state index is 12.0. The van der Waals surface area contributed by atoms with Gasteiger partial charge in [0.15, 0.2) is 11.9 Å². The lowest BCUT2D eigenvalue weighted by Crippen LogP contribution is -2.52. The Morgan fingerprint density at radius 1 is 0.768 bits per heavy atom. The molecule has 0 unspecified atom stereocenters. The molecule has 318 valence electrons. The highest BCUT2D eigenvalue weighted by atomic mass is 16.6. The molecule has 56 heavy (non-hydrogen) atoms. The number of carboxylic acid groups (broad SMARTS) is 2. The summed E-state index contributed by atoms with van der Waals surface area (Å²) in [5.74, 6) is -6.83. The number of guanidine groups is 2. The number of carbonyl (C=O) groups excluding carboxylic acids is 3. The third-order valence-electron chi connectivity index (χ3n) is 8.75. The van der Waals surface area contributed by atoms with Gasteiger partial charge in [0.2, 0.25) is 11.5 Å². The minimum Gasteiger partial charge on any atom is -0.480 e. The number of aliphatic hydroxyl groups is 4. The number of aliphatic imine (C=N–C) groups is 2. The van der Waals surface area contributed by atoms with E-state index in [0.29, 0.717) is 6.42 Å². The summed E-state index contributed by atoms with van der Waals surface area (Å²) >= 11 is 0. The first-order chi connectivity index (χ1) is 26.3. The summed E-state index contributed by atoms with van der Waals surface area (Å²) in [5.41, 5.74) is 21.6. The number of nitrogens with zero attached hydrogens (tertiary/aromatic N) is 2. The first kappa shape index (κ1) is 49.2. The van der Waals surface area contributed by atoms with Crippen molar-refractivity contribution in [3.63, 3.8) is 0 Å². The third-order valence-corrected chi connectivity index (χ3v) is 8.75. The van der Waals surface area contributed by atoms with Crippen molar-refractivity contribution in [2.24, 2.45) is 44.8 Å². The van der Waals surface area contributed by atoms with Gasteiger partial charge in [-0.05, 0) is 32.4 Å². The van der Waals surface area contributed by atoms with Crippen LogP contribution in [0.25, 0.3) is 0 Å². The summed E-state index contributed by atoms with van der Waals surface area (Å²) < 4.78 is 21.4. The van der Waals surface area contributed by atoms with Crippen molar-refractivity contribution in [3.05, 3.63) is 23.7 Å². The lowest BCUT2D eigenvalue weighted by Gasteiger charge is -2.39. The van der Waals surface area contributed by atoms with Crippen LogP contribution in [0.3, 0.4) is 0 Å². The van der Waals surface area contributed by atoms with Crippen LogP contribution in [-0.2, 0) is 42.9 Å². The Bertz CT molecular complexity index is 1450. The summed E-state index contributed by atoms with van der Waals surface area (Å²) in [5, 5.41) is 57.9. The molecule has 2 heterocycles. The molecule has 21 heteroatoms. The zero-order valence-corrected chi connectivity index (χ0v) is 32.1. The van der Waals surface area contributed by atoms with E-state index in [4.69, 9.17) is 52.1 Å². The average molecular weight is 803 g/mol. The van der Waals surface area contributed by atoms with Crippen molar-refractivity contribution in [2.75, 3.05) is 20.3 Å². The highest BCUT2D eigenvalue weighted by Gasteiger charge is 2.45. The number of esters is 1. The molecule has 0 saturated heterocycles. The zero-order valence-electron chi connectivity index (χ0n) is 32.1. The quantitative estimate of drug-likeness (QED) is 0.0249. The van der Waals surface area contributed by atoms with Gasteiger partial charge < -0.3 is 82.1 Å². The molecule has 0 aromatic heterocycles. The number of hydrogen-bond acceptors (Lipinski definition) is 15. The van der Waals surface area contributed by atoms with Crippen LogP contribution in [0.2, 0.25) is 0 Å². The molecule has 0 radical (unpaired) electrons. The maximum atomic E-state index is 12.0. The van der Waals surface area contributed by atoms with Crippen molar-refractivity contribution < 1.29 is 73.6 Å². The van der Waals surface area contributed by atoms with Crippen LogP contribution in [0.1, 0.15) is 72.1 Å². The number of methoxy groups -OCH3 is 1. The molecule has 0 spiro atoms. The minimum atomic E-state index is -1.64. The second-order valence-electron chi connectivity index (χ2n) is 13.4. The molecule has 0 aromatic carbocycles. The van der Waals surface area contributed by atoms with Crippen molar-refractivity contribution >= 4 is 41.4 Å². The Labute approximate surface area is 324 Å². The summed E-state index contributed by atoms with van der Waals surface area (Å²) in [6, 6.07) is -1.83. The number of unbranched alkanes of at least 4 members (excludes halogenated alkanes) is 4. The monoisotopic (exact) mass is 802 g/mol. The van der Waals surface area contributed by atoms with Crippen LogP contribution in [0.5, 0.6) is 0 Å². The maximum Gasteiger partial charge on any atom is 0.370 e. The van der Waals surface area contributed by atoms with Gasteiger partial charge in [0.25, 0.3) is 0 Å². The van der Waals surface area contributed by atoms with Gasteiger partial charge in [-0.25, -0.2) is 19.6 Å². The van der Waals surface area contributed by atoms with Crippen LogP contribution >= 0.6 is 0 Å². The Hall–Kier alpha value is -4.83. The van der Waals surface area contributed by atoms with E-state index in [1.807, 2.05) is 0 Å². The summed E-state index contributed by atoms with van der Waals surface area (Å²) in [6.07, 6.45) is -0.776. The van der Waals surface area contributed by atoms with Gasteiger partial charge in [-0.3, -0.25) is 4.79 Å². The minimum absolute atomic E-state index is 0.0559. The smallest absolute Gasteiger partial charge is 0.370 e. The van der Waals surface area contributed by atoms with Gasteiger partial charge in [0, 0.05) is 38.2 Å². The van der Waals surface area contributed by atoms with Crippen molar-refractivity contribution in [1.29, 1.82) is 0 Å². The van der Waals surface area contributed by atoms with E-state index in [1.54, 1.807) is 0 Å². The predicted octanol–water partition coefficient (Wildman–Crippen LogP) is -1.82. The van der Waals surface area contributed by atoms with Gasteiger partial charge in [0.05, 0.1) is 18.7 Å². The average Bonchev–Trinajstić information content (AvgIpc) is 3.11. The number of ether oxygens (including phenoxy) is 4. The zero-order chi connectivity index (χ0) is 42.7. The number of rotatable bonds is 22. The molecule has 2 rings (SSSR count). The predicted molar refractivity (Wildman–Crippen MR) is 198 cm³/mol. The number of ketones is 2. The van der Waals surface area contributed by atoms with Gasteiger partial charge >= 0.3 is 17.9 Å². The number of nitrogens with two attached hydrogens (primary N) is 4. The van der Waals surface area contributed by atoms with E-state index in [-0.39, 0.29) is 49.4 Å². The van der Waals surface area contributed by atoms with Crippen molar-refractivity contribution in [1.82, 2.24) is 0 Å². The van der Waals surface area contributed by atoms with Crippen LogP contribution in [0, 0.1) is 11.8 Å². The largest absolute Gasteiger partial charge is 0.480 e. The standard InChI is InChI=1S/C22H37N3O8.C13H21N3O7/c1-4-5-6-7-8-9-18(28)32-12-16(27)20(31-3)19-14(10-13(2)26)15(25-22(23)24)11-17(33-19)21(29)30;1-5(18)2-6-7(16-13(14)15)3-9(12(21)22)23-11(6)10(20)8(19)4-17/h11,14-16,19-20,27H,4-10,12H2,1-3H3,(H,29,30)(H4,23,24,25);3,6-8,10-11,17,19-20H,2,4H2,1H3,(H,21,22)(H4,14,15,16)/t14-,15+,16-,19-,20-;6-,7+,8-,10-,11-/m11/s1. The Morgan fingerprint density at radius 2 is 1.23 bits per heavy atom. The highest BCUT2D eigenvalue weighted by Crippen LogP contribution is 2.34. The van der Waals surface area contributed by atoms with Gasteiger partial charge in [0.1, 0.15) is 54.8 Å². The van der Waals surface area contributed by atoms with E-state index in [1.165, 1.54) is 27.0 Å². The van der Waals surface area contributed by atoms with E-state index in [0.717, 1.165) is 31.8 Å². The summed E-state index contributed by atoms with van der Waals surface area (Å²) in [6.45, 7) is 3.62. The summed E-state index contributed by atoms with van der Waals surface area (Å²) in [7, 11) is 1.30. The molecule has 0 saturated carbocycles. The number of hydrogen-bond donors (Lipinski definition) is 10. The molecular weight excluding hydrogens is 744 g/mol. The lowest BCUT2D eigenvalue weighted by atomic mass is 9.82. The Morgan fingerprint density at radius 3 is 1.64 bits per heavy atom. The second kappa shape index (κ2) is 24.6. The van der Waals surface area contributed by atoms with E-state index in [2.05, 4.69) is 16.9 Å². The first-order valence-electron chi connectivity index (χ1n) is 18.0. The molecule has 0 fully saturated rings. The fourth-order valence-corrected chi connectivity index (χ4v) is 6.17. The number of aliphatic carboxylic acids is 2. The molecule has 0 amide bonds. The highest BCUT2D eigenvalue weighted by molar-refractivity contribution is 5.86. The first-order valence-corrected chi connectivity index (χ1v) is 18.0. The number of Topliss-reactive ketones (excluding diaryl/α,β-unsaturated/α-hetero) is 2. The Balaban J connectivity index is 0.000000597. The van der Waals surface area contributed by atoms with Gasteiger partial charge in [-0.2, -0.15) is 0 Å².